The van der Waals surface area contributed by atoms with Crippen molar-refractivity contribution in [3.63, 3.8) is 0 Å². The van der Waals surface area contributed by atoms with Crippen molar-refractivity contribution in [3.05, 3.63) is 41.0 Å². The van der Waals surface area contributed by atoms with Crippen LogP contribution in [0.3, 0.4) is 0 Å². The van der Waals surface area contributed by atoms with Crippen molar-refractivity contribution in [1.82, 2.24) is 0 Å². The van der Waals surface area contributed by atoms with Gasteiger partial charge in [0, 0.05) is 29.5 Å². The van der Waals surface area contributed by atoms with Crippen LogP contribution < -0.4 is 26.8 Å². The molecule has 24 heavy (non-hydrogen) atoms. The summed E-state index contributed by atoms with van der Waals surface area (Å²) in [6, 6.07) is 8.52. The first-order valence-electron chi connectivity index (χ1n) is 8.07. The molecule has 2 N–H and O–H groups in total. The van der Waals surface area contributed by atoms with Crippen LogP contribution in [0, 0.1) is 0 Å². The van der Waals surface area contributed by atoms with Crippen LogP contribution in [-0.4, -0.2) is 32.9 Å². The monoisotopic (exact) mass is 347 g/mol. The normalized spacial score (nSPS) is 20.5. The lowest BCUT2D eigenvalue weighted by atomic mass is 9.76. The van der Waals surface area contributed by atoms with Crippen LogP contribution in [0.15, 0.2) is 24.3 Å². The van der Waals surface area contributed by atoms with Gasteiger partial charge in [-0.3, -0.25) is 0 Å². The van der Waals surface area contributed by atoms with Crippen molar-refractivity contribution < 1.29 is 31.9 Å². The molecule has 2 unspecified atom stereocenters. The first-order valence-corrected chi connectivity index (χ1v) is 8.07. The molecule has 0 saturated heterocycles. The number of quaternary nitrogens is 1. The van der Waals surface area contributed by atoms with E-state index in [1.165, 1.54) is 21.6 Å². The summed E-state index contributed by atoms with van der Waals surface area (Å²) < 4.78 is 11.0. The molecule has 0 saturated carbocycles. The number of hydrogen-bond acceptors (Lipinski definition) is 3. The Balaban J connectivity index is 0.00000169. The molecule has 1 aliphatic carbocycles. The summed E-state index contributed by atoms with van der Waals surface area (Å²) in [4.78, 5) is 1.50. The number of nitrogens with one attached hydrogen (secondary N) is 1. The van der Waals surface area contributed by atoms with E-state index in [4.69, 9.17) is 9.47 Å². The van der Waals surface area contributed by atoms with E-state index in [1.54, 1.807) is 14.2 Å². The van der Waals surface area contributed by atoms with Gasteiger partial charge in [-0.2, -0.15) is 0 Å². The van der Waals surface area contributed by atoms with Gasteiger partial charge in [0.05, 0.1) is 27.8 Å². The van der Waals surface area contributed by atoms with E-state index in [2.05, 4.69) is 13.1 Å². The van der Waals surface area contributed by atoms with E-state index in [1.807, 2.05) is 18.2 Å². The van der Waals surface area contributed by atoms with E-state index >= 15 is 0 Å². The minimum atomic E-state index is 0. The Labute approximate surface area is 148 Å². The van der Waals surface area contributed by atoms with E-state index in [0.717, 1.165) is 36.3 Å². The third kappa shape index (κ3) is 2.25. The second-order valence-corrected chi connectivity index (χ2v) is 6.47. The van der Waals surface area contributed by atoms with Gasteiger partial charge in [-0.1, -0.05) is 12.1 Å². The average Bonchev–Trinajstić information content (AvgIpc) is 2.58. The van der Waals surface area contributed by atoms with Crippen molar-refractivity contribution >= 4 is 0 Å². The van der Waals surface area contributed by atoms with Gasteiger partial charge in [-0.25, -0.2) is 0 Å². The van der Waals surface area contributed by atoms with Gasteiger partial charge in [0.1, 0.15) is 11.8 Å². The third-order valence-electron chi connectivity index (χ3n) is 5.35. The van der Waals surface area contributed by atoms with Crippen molar-refractivity contribution in [2.24, 2.45) is 0 Å². The number of halogens is 1. The highest BCUT2D eigenvalue weighted by Crippen LogP contribution is 2.51. The van der Waals surface area contributed by atoms with E-state index in [0.29, 0.717) is 11.8 Å². The lowest BCUT2D eigenvalue weighted by Crippen LogP contribution is -3.10. The molecule has 0 amide bonds. The molecule has 0 bridgehead atoms. The van der Waals surface area contributed by atoms with Crippen LogP contribution in [0.2, 0.25) is 0 Å². The van der Waals surface area contributed by atoms with Crippen LogP contribution in [0.1, 0.15) is 22.7 Å². The molecule has 2 aromatic rings. The SMILES string of the molecule is COc1cc2c3c(c1O)-c1c(cccc1OC)CC3[NH+](C)CC2.[Cl-]. The van der Waals surface area contributed by atoms with Gasteiger partial charge in [-0.15, -0.1) is 0 Å². The Morgan fingerprint density at radius 1 is 1.08 bits per heavy atom. The average molecular weight is 348 g/mol. The highest BCUT2D eigenvalue weighted by Gasteiger charge is 2.39. The molecule has 2 aliphatic rings. The van der Waals surface area contributed by atoms with Gasteiger partial charge < -0.3 is 31.9 Å². The minimum absolute atomic E-state index is 0. The van der Waals surface area contributed by atoms with E-state index in [9.17, 15) is 5.11 Å². The molecule has 4 nitrogen and oxygen atoms in total. The van der Waals surface area contributed by atoms with Crippen LogP contribution >= 0.6 is 0 Å². The highest BCUT2D eigenvalue weighted by molar-refractivity contribution is 5.86. The van der Waals surface area contributed by atoms with Crippen molar-refractivity contribution in [2.45, 2.75) is 18.9 Å². The molecule has 0 radical (unpaired) electrons. The Morgan fingerprint density at radius 2 is 1.83 bits per heavy atom. The van der Waals surface area contributed by atoms with Gasteiger partial charge in [0.15, 0.2) is 11.5 Å². The third-order valence-corrected chi connectivity index (χ3v) is 5.35. The Hall–Kier alpha value is -1.91. The van der Waals surface area contributed by atoms with Gasteiger partial charge >= 0.3 is 0 Å². The maximum Gasteiger partial charge on any atom is 0.166 e. The zero-order valence-corrected chi connectivity index (χ0v) is 14.9. The summed E-state index contributed by atoms with van der Waals surface area (Å²) in [6.07, 6.45) is 1.98. The number of phenols is 1. The number of ether oxygens (including phenoxy) is 2. The zero-order valence-electron chi connectivity index (χ0n) is 14.1. The summed E-state index contributed by atoms with van der Waals surface area (Å²) >= 11 is 0. The van der Waals surface area contributed by atoms with Crippen molar-refractivity contribution in [3.8, 4) is 28.4 Å². The summed E-state index contributed by atoms with van der Waals surface area (Å²) in [5, 5.41) is 10.9. The van der Waals surface area contributed by atoms with Gasteiger partial charge in [0.25, 0.3) is 0 Å². The van der Waals surface area contributed by atoms with Crippen molar-refractivity contribution in [2.75, 3.05) is 27.8 Å². The molecular formula is C19H22ClNO3. The predicted molar refractivity (Wildman–Crippen MR) is 88.5 cm³/mol. The summed E-state index contributed by atoms with van der Waals surface area (Å²) in [5.41, 5.74) is 5.72. The molecule has 2 atom stereocenters. The smallest absolute Gasteiger partial charge is 0.166 e. The summed E-state index contributed by atoms with van der Waals surface area (Å²) in [5.74, 6) is 1.60. The number of benzene rings is 2. The maximum absolute atomic E-state index is 10.9. The number of aromatic hydroxyl groups is 1. The molecule has 0 aromatic heterocycles. The lowest BCUT2D eigenvalue weighted by molar-refractivity contribution is -0.914. The molecule has 4 rings (SSSR count). The quantitative estimate of drug-likeness (QED) is 0.713. The van der Waals surface area contributed by atoms with Gasteiger partial charge in [0.2, 0.25) is 0 Å². The fourth-order valence-electron chi connectivity index (χ4n) is 4.18. The number of rotatable bonds is 2. The minimum Gasteiger partial charge on any atom is -1.00 e. The fraction of sp³-hybridized carbons (Fsp3) is 0.368. The molecule has 1 aliphatic heterocycles. The Morgan fingerprint density at radius 3 is 2.54 bits per heavy atom. The van der Waals surface area contributed by atoms with Gasteiger partial charge in [-0.05, 0) is 23.3 Å². The Kier molecular flexibility index (Phi) is 4.37. The molecule has 5 heteroatoms. The number of hydrogen-bond donors (Lipinski definition) is 2. The molecule has 0 fully saturated rings. The molecule has 128 valence electrons. The second-order valence-electron chi connectivity index (χ2n) is 6.47. The topological polar surface area (TPSA) is 43.1 Å². The van der Waals surface area contributed by atoms with Crippen LogP contribution in [0.25, 0.3) is 11.1 Å². The van der Waals surface area contributed by atoms with E-state index < -0.39 is 0 Å². The first kappa shape index (κ1) is 16.9. The molecule has 1 heterocycles. The largest absolute Gasteiger partial charge is 1.00 e. The zero-order chi connectivity index (χ0) is 16.1. The molecular weight excluding hydrogens is 326 g/mol. The summed E-state index contributed by atoms with van der Waals surface area (Å²) in [7, 11) is 5.53. The number of phenolic OH excluding ortho intramolecular Hbond substituents is 1. The van der Waals surface area contributed by atoms with Crippen LogP contribution in [-0.2, 0) is 12.8 Å². The standard InChI is InChI=1S/C19H21NO3.ClH/c1-20-8-7-12-10-15(23-3)19(21)18-16(12)13(20)9-11-5-4-6-14(22-2)17(11)18;/h4-6,10,13,21H,7-9H2,1-3H3;1H. The Bertz CT molecular complexity index is 791. The maximum atomic E-state index is 10.9. The number of likely N-dealkylation sites (N-methyl/N-ethyl adjacent to an activating group) is 1. The first-order chi connectivity index (χ1) is 11.2. The van der Waals surface area contributed by atoms with Crippen molar-refractivity contribution in [1.29, 1.82) is 0 Å². The summed E-state index contributed by atoms with van der Waals surface area (Å²) in [6.45, 7) is 1.10. The predicted octanol–water partition coefficient (Wildman–Crippen LogP) is -1.25. The van der Waals surface area contributed by atoms with Crippen LogP contribution in [0.5, 0.6) is 17.2 Å². The molecule has 2 aromatic carbocycles. The lowest BCUT2D eigenvalue weighted by Gasteiger charge is -2.38. The highest BCUT2D eigenvalue weighted by atomic mass is 35.5. The second kappa shape index (κ2) is 6.19. The number of methoxy groups -OCH3 is 2. The fourth-order valence-corrected chi connectivity index (χ4v) is 4.18. The molecule has 0 spiro atoms. The van der Waals surface area contributed by atoms with Crippen LogP contribution in [0.4, 0.5) is 0 Å². The number of fused-ring (bicyclic) bond motifs is 2. The van der Waals surface area contributed by atoms with E-state index in [-0.39, 0.29) is 18.2 Å².